The Morgan fingerprint density at radius 1 is 1.00 bits per heavy atom. The zero-order valence-electron chi connectivity index (χ0n) is 26.7. The Kier molecular flexibility index (Phi) is 10.7. The van der Waals surface area contributed by atoms with Gasteiger partial charge in [-0.3, -0.25) is 4.79 Å². The fourth-order valence-electron chi connectivity index (χ4n) is 8.91. The van der Waals surface area contributed by atoms with Crippen LogP contribution in [0.1, 0.15) is 125 Å². The Hall–Kier alpha value is -1.99. The van der Waals surface area contributed by atoms with Crippen LogP contribution in [0.2, 0.25) is 0 Å². The van der Waals surface area contributed by atoms with Gasteiger partial charge in [0.1, 0.15) is 17.9 Å². The summed E-state index contributed by atoms with van der Waals surface area (Å²) in [6.07, 6.45) is 10.3. The molecule has 0 aromatic carbocycles. The molecule has 9 unspecified atom stereocenters. The summed E-state index contributed by atoms with van der Waals surface area (Å²) in [4.78, 5) is 33.4. The predicted octanol–water partition coefficient (Wildman–Crippen LogP) is 6.40. The number of fused-ring (bicyclic) bond motifs is 5. The van der Waals surface area contributed by atoms with E-state index in [-0.39, 0.29) is 52.1 Å². The second-order valence-corrected chi connectivity index (χ2v) is 13.9. The van der Waals surface area contributed by atoms with Gasteiger partial charge in [-0.2, -0.15) is 0 Å². The minimum atomic E-state index is -0.696. The fraction of sp³-hybridized carbons (Fsp3) is 0.794. The first-order chi connectivity index (χ1) is 19.2. The predicted molar refractivity (Wildman–Crippen MR) is 161 cm³/mol. The van der Waals surface area contributed by atoms with Gasteiger partial charge in [-0.25, -0.2) is 4.79 Å². The van der Waals surface area contributed by atoms with Crippen molar-refractivity contribution in [2.75, 3.05) is 0 Å². The summed E-state index contributed by atoms with van der Waals surface area (Å²) in [7, 11) is 0. The molecule has 9 atom stereocenters. The number of aliphatic hydroxyl groups is 1. The summed E-state index contributed by atoms with van der Waals surface area (Å²) in [5, 5.41) is 12.4. The van der Waals surface area contributed by atoms with Gasteiger partial charge < -0.3 is 24.8 Å². The molecular formula is C34H55NO6. The number of hydrogen-bond donors (Lipinski definition) is 2. The number of nitrogens with two attached hydrogens (primary N) is 1. The molecule has 4 fully saturated rings. The molecule has 1 heterocycles. The first kappa shape index (κ1) is 33.5. The Balaban J connectivity index is 0.000000710. The van der Waals surface area contributed by atoms with Crippen molar-refractivity contribution >= 4 is 11.8 Å². The normalized spacial score (nSPS) is 38.1. The van der Waals surface area contributed by atoms with Gasteiger partial charge in [0.2, 0.25) is 0 Å². The van der Waals surface area contributed by atoms with Crippen LogP contribution in [-0.4, -0.2) is 34.6 Å². The van der Waals surface area contributed by atoms with Crippen molar-refractivity contribution in [2.45, 2.75) is 137 Å². The molecule has 0 amide bonds. The largest absolute Gasteiger partial charge is 0.461 e. The number of carbonyl (C=O) groups is 2. The van der Waals surface area contributed by atoms with Crippen LogP contribution < -0.4 is 11.4 Å². The summed E-state index contributed by atoms with van der Waals surface area (Å²) in [5.74, 6) is 1.48. The minimum Gasteiger partial charge on any atom is -0.461 e. The number of esters is 1. The van der Waals surface area contributed by atoms with Gasteiger partial charge in [-0.1, -0.05) is 41.5 Å². The number of carbonyl (C=O) groups excluding carboxylic acids is 2. The molecule has 4 aliphatic carbocycles. The van der Waals surface area contributed by atoms with Crippen LogP contribution in [0.4, 0.5) is 0 Å². The maximum absolute atomic E-state index is 12.5. The van der Waals surface area contributed by atoms with E-state index in [1.165, 1.54) is 19.9 Å². The minimum absolute atomic E-state index is 0.0394. The molecule has 7 heteroatoms. The highest BCUT2D eigenvalue weighted by molar-refractivity contribution is 5.76. The third kappa shape index (κ3) is 6.36. The standard InChI is InChI=1S/C29H43NO5.C3H6O.C2H6/c1-17(2)25(30)26(32)35-20-9-12-27(3)19(15-20)6-7-23-22(27)10-13-28(4)21(11-14-29(23,28)33)18-5-8-24(31)34-16-18;1-3(2)4;1-2/h5,8,16-17,19-23,25,33H,6-7,9-15,30H2,1-4H3;1-2H3;1-2H3. The van der Waals surface area contributed by atoms with Crippen molar-refractivity contribution in [3.05, 3.63) is 34.4 Å². The molecule has 232 valence electrons. The summed E-state index contributed by atoms with van der Waals surface area (Å²) < 4.78 is 11.1. The third-order valence-corrected chi connectivity index (χ3v) is 11.2. The second-order valence-electron chi connectivity index (χ2n) is 13.9. The molecule has 0 aliphatic heterocycles. The quantitative estimate of drug-likeness (QED) is 0.400. The SMILES string of the molecule is CC.CC(C)=O.CC(C)C(N)C(=O)OC1CCC2(C)C(CCC3C2CCC2(C)C(c4ccc(=O)oc4)CCC32O)C1. The topological polar surface area (TPSA) is 120 Å². The van der Waals surface area contributed by atoms with Crippen LogP contribution in [0.5, 0.6) is 0 Å². The maximum Gasteiger partial charge on any atom is 0.335 e. The highest BCUT2D eigenvalue weighted by atomic mass is 16.5. The van der Waals surface area contributed by atoms with Crippen LogP contribution in [0.25, 0.3) is 0 Å². The first-order valence-corrected chi connectivity index (χ1v) is 16.0. The number of ketones is 1. The van der Waals surface area contributed by atoms with Gasteiger partial charge in [-0.15, -0.1) is 0 Å². The van der Waals surface area contributed by atoms with Crippen LogP contribution in [0, 0.1) is 34.5 Å². The summed E-state index contributed by atoms with van der Waals surface area (Å²) >= 11 is 0. The Labute approximate surface area is 247 Å². The number of rotatable bonds is 4. The molecule has 7 nitrogen and oxygen atoms in total. The molecule has 0 radical (unpaired) electrons. The Bertz CT molecular complexity index is 1090. The van der Waals surface area contributed by atoms with Crippen molar-refractivity contribution in [3.8, 4) is 0 Å². The summed E-state index contributed by atoms with van der Waals surface area (Å²) in [6, 6.07) is 2.84. The van der Waals surface area contributed by atoms with Crippen LogP contribution in [-0.2, 0) is 14.3 Å². The van der Waals surface area contributed by atoms with Gasteiger partial charge in [0.05, 0.1) is 11.9 Å². The lowest BCUT2D eigenvalue weighted by Gasteiger charge is -2.63. The maximum atomic E-state index is 12.5. The lowest BCUT2D eigenvalue weighted by molar-refractivity contribution is -0.207. The van der Waals surface area contributed by atoms with E-state index in [4.69, 9.17) is 14.9 Å². The lowest BCUT2D eigenvalue weighted by atomic mass is 9.43. The van der Waals surface area contributed by atoms with Crippen LogP contribution in [0.15, 0.2) is 27.6 Å². The highest BCUT2D eigenvalue weighted by Crippen LogP contribution is 2.70. The van der Waals surface area contributed by atoms with Crippen molar-refractivity contribution in [1.82, 2.24) is 0 Å². The lowest BCUT2D eigenvalue weighted by Crippen LogP contribution is -2.62. The molecule has 0 saturated heterocycles. The average molecular weight is 574 g/mol. The monoisotopic (exact) mass is 573 g/mol. The van der Waals surface area contributed by atoms with Crippen molar-refractivity contribution in [2.24, 2.45) is 40.2 Å². The van der Waals surface area contributed by atoms with E-state index >= 15 is 0 Å². The van der Waals surface area contributed by atoms with Gasteiger partial charge >= 0.3 is 11.6 Å². The average Bonchev–Trinajstić information content (AvgIpc) is 3.20. The number of hydrogen-bond acceptors (Lipinski definition) is 7. The molecule has 0 bridgehead atoms. The van der Waals surface area contributed by atoms with Crippen LogP contribution >= 0.6 is 0 Å². The number of ether oxygens (including phenoxy) is 1. The van der Waals surface area contributed by atoms with Crippen molar-refractivity contribution in [3.63, 3.8) is 0 Å². The van der Waals surface area contributed by atoms with E-state index in [2.05, 4.69) is 13.8 Å². The zero-order chi connectivity index (χ0) is 30.8. The summed E-state index contributed by atoms with van der Waals surface area (Å²) in [6.45, 7) is 15.7. The highest BCUT2D eigenvalue weighted by Gasteiger charge is 2.67. The molecule has 0 spiro atoms. The van der Waals surface area contributed by atoms with E-state index in [1.54, 1.807) is 6.26 Å². The van der Waals surface area contributed by atoms with E-state index < -0.39 is 11.6 Å². The van der Waals surface area contributed by atoms with E-state index in [0.717, 1.165) is 63.4 Å². The van der Waals surface area contributed by atoms with Gasteiger partial charge in [-0.05, 0) is 118 Å². The molecular weight excluding hydrogens is 518 g/mol. The number of Topliss-reactive ketones (excluding diaryl/α,β-unsaturated/α-hetero) is 1. The molecule has 1 aromatic rings. The van der Waals surface area contributed by atoms with Crippen LogP contribution in [0.3, 0.4) is 0 Å². The molecule has 3 N–H and O–H groups in total. The molecule has 5 rings (SSSR count). The molecule has 1 aromatic heterocycles. The molecule has 41 heavy (non-hydrogen) atoms. The van der Waals surface area contributed by atoms with Gasteiger partial charge in [0.15, 0.2) is 0 Å². The summed E-state index contributed by atoms with van der Waals surface area (Å²) in [5.41, 5.74) is 6.02. The van der Waals surface area contributed by atoms with E-state index in [1.807, 2.05) is 33.8 Å². The second kappa shape index (κ2) is 13.1. The Morgan fingerprint density at radius 2 is 1.66 bits per heavy atom. The fourth-order valence-corrected chi connectivity index (χ4v) is 8.91. The van der Waals surface area contributed by atoms with Gasteiger partial charge in [0.25, 0.3) is 0 Å². The third-order valence-electron chi connectivity index (χ3n) is 11.2. The zero-order valence-corrected chi connectivity index (χ0v) is 26.7. The van der Waals surface area contributed by atoms with Gasteiger partial charge in [0, 0.05) is 11.5 Å². The molecule has 4 saturated carbocycles. The van der Waals surface area contributed by atoms with Crippen molar-refractivity contribution in [1.29, 1.82) is 0 Å². The molecule has 4 aliphatic rings. The van der Waals surface area contributed by atoms with E-state index in [0.29, 0.717) is 11.8 Å². The van der Waals surface area contributed by atoms with Crippen molar-refractivity contribution < 1.29 is 23.8 Å². The Morgan fingerprint density at radius 3 is 2.24 bits per heavy atom. The smallest absolute Gasteiger partial charge is 0.335 e. The van der Waals surface area contributed by atoms with E-state index in [9.17, 15) is 19.5 Å². The first-order valence-electron chi connectivity index (χ1n) is 16.0.